The van der Waals surface area contributed by atoms with Gasteiger partial charge in [0, 0.05) is 6.07 Å². The SMILES string of the molecule is CCn1cc(S(=O)(=O)Nc2cc(C)nn2-c2ccccc2)c([N+](=O)[O-])n1. The number of aryl methyl sites for hydroxylation is 2. The number of rotatable bonds is 6. The van der Waals surface area contributed by atoms with Crippen LogP contribution in [0.4, 0.5) is 11.6 Å². The Bertz CT molecular complexity index is 1060. The van der Waals surface area contributed by atoms with E-state index < -0.39 is 25.7 Å². The van der Waals surface area contributed by atoms with E-state index >= 15 is 0 Å². The van der Waals surface area contributed by atoms with Crippen molar-refractivity contribution in [2.75, 3.05) is 4.72 Å². The summed E-state index contributed by atoms with van der Waals surface area (Å²) in [6, 6.07) is 10.5. The zero-order chi connectivity index (χ0) is 18.9. The van der Waals surface area contributed by atoms with Gasteiger partial charge in [-0.3, -0.25) is 4.72 Å². The number of aromatic nitrogens is 4. The van der Waals surface area contributed by atoms with E-state index in [2.05, 4.69) is 14.9 Å². The van der Waals surface area contributed by atoms with Crippen LogP contribution in [0.15, 0.2) is 47.5 Å². The first-order valence-corrected chi connectivity index (χ1v) is 9.17. The van der Waals surface area contributed by atoms with Crippen molar-refractivity contribution in [3.63, 3.8) is 0 Å². The highest BCUT2D eigenvalue weighted by molar-refractivity contribution is 7.92. The molecule has 0 saturated heterocycles. The molecule has 0 amide bonds. The van der Waals surface area contributed by atoms with Gasteiger partial charge in [-0.05, 0) is 30.9 Å². The third kappa shape index (κ3) is 3.28. The van der Waals surface area contributed by atoms with Crippen molar-refractivity contribution in [3.05, 3.63) is 58.4 Å². The van der Waals surface area contributed by atoms with Gasteiger partial charge in [-0.2, -0.15) is 9.78 Å². The molecule has 0 saturated carbocycles. The Labute approximate surface area is 149 Å². The molecule has 0 atom stereocenters. The van der Waals surface area contributed by atoms with Gasteiger partial charge in [-0.15, -0.1) is 0 Å². The van der Waals surface area contributed by atoms with Crippen molar-refractivity contribution in [2.24, 2.45) is 0 Å². The fraction of sp³-hybridized carbons (Fsp3) is 0.200. The van der Waals surface area contributed by atoms with Crippen LogP contribution in [0.25, 0.3) is 5.69 Å². The molecule has 11 heteroatoms. The van der Waals surface area contributed by atoms with E-state index in [4.69, 9.17) is 0 Å². The summed E-state index contributed by atoms with van der Waals surface area (Å²) in [5.74, 6) is -0.547. The largest absolute Gasteiger partial charge is 0.410 e. The molecule has 3 rings (SSSR count). The summed E-state index contributed by atoms with van der Waals surface area (Å²) in [7, 11) is -4.23. The maximum Gasteiger partial charge on any atom is 0.410 e. The summed E-state index contributed by atoms with van der Waals surface area (Å²) in [5.41, 5.74) is 1.24. The summed E-state index contributed by atoms with van der Waals surface area (Å²) in [4.78, 5) is 9.85. The number of nitrogens with one attached hydrogen (secondary N) is 1. The second-order valence-corrected chi connectivity index (χ2v) is 7.10. The number of hydrogen-bond acceptors (Lipinski definition) is 6. The number of hydrogen-bond donors (Lipinski definition) is 1. The Hall–Kier alpha value is -3.21. The van der Waals surface area contributed by atoms with Crippen LogP contribution in [0.5, 0.6) is 0 Å². The minimum Gasteiger partial charge on any atom is -0.358 e. The van der Waals surface area contributed by atoms with Gasteiger partial charge in [0.15, 0.2) is 0 Å². The Morgan fingerprint density at radius 2 is 1.92 bits per heavy atom. The van der Waals surface area contributed by atoms with Crippen molar-refractivity contribution in [1.29, 1.82) is 0 Å². The van der Waals surface area contributed by atoms with Gasteiger partial charge in [0.05, 0.1) is 29.2 Å². The van der Waals surface area contributed by atoms with Crippen LogP contribution in [0, 0.1) is 17.0 Å². The molecule has 1 N–H and O–H groups in total. The van der Waals surface area contributed by atoms with E-state index in [1.54, 1.807) is 44.2 Å². The summed E-state index contributed by atoms with van der Waals surface area (Å²) >= 11 is 0. The van der Waals surface area contributed by atoms with Gasteiger partial charge in [-0.1, -0.05) is 18.2 Å². The Balaban J connectivity index is 2.05. The first-order chi connectivity index (χ1) is 12.3. The lowest BCUT2D eigenvalue weighted by molar-refractivity contribution is -0.392. The fourth-order valence-electron chi connectivity index (χ4n) is 2.40. The molecule has 2 aromatic heterocycles. The molecule has 0 bridgehead atoms. The maximum atomic E-state index is 12.7. The molecule has 0 spiro atoms. The molecule has 0 aliphatic carbocycles. The molecule has 1 aromatic carbocycles. The average molecular weight is 376 g/mol. The standard InChI is InChI=1S/C15H16N6O4S/c1-3-19-10-13(15(17-19)21(22)23)26(24,25)18-14-9-11(2)16-20(14)12-7-5-4-6-8-12/h4-10,18H,3H2,1-2H3. The van der Waals surface area contributed by atoms with Gasteiger partial charge in [-0.25, -0.2) is 13.1 Å². The van der Waals surface area contributed by atoms with Crippen LogP contribution < -0.4 is 4.72 Å². The van der Waals surface area contributed by atoms with E-state index in [0.29, 0.717) is 17.9 Å². The van der Waals surface area contributed by atoms with E-state index in [9.17, 15) is 18.5 Å². The van der Waals surface area contributed by atoms with Crippen LogP contribution in [-0.4, -0.2) is 32.9 Å². The van der Waals surface area contributed by atoms with Crippen molar-refractivity contribution >= 4 is 21.7 Å². The van der Waals surface area contributed by atoms with E-state index in [1.807, 2.05) is 6.07 Å². The molecule has 2 heterocycles. The van der Waals surface area contributed by atoms with Gasteiger partial charge < -0.3 is 10.1 Å². The maximum absolute atomic E-state index is 12.7. The summed E-state index contributed by atoms with van der Waals surface area (Å²) < 4.78 is 30.5. The van der Waals surface area contributed by atoms with Gasteiger partial charge in [0.25, 0.3) is 10.0 Å². The van der Waals surface area contributed by atoms with Gasteiger partial charge in [0.1, 0.15) is 5.82 Å². The molecule has 0 radical (unpaired) electrons. The third-order valence-electron chi connectivity index (χ3n) is 3.57. The van der Waals surface area contributed by atoms with E-state index in [-0.39, 0.29) is 5.82 Å². The highest BCUT2D eigenvalue weighted by atomic mass is 32.2. The number of benzene rings is 1. The summed E-state index contributed by atoms with van der Waals surface area (Å²) in [5, 5.41) is 19.1. The zero-order valence-corrected chi connectivity index (χ0v) is 14.8. The molecular weight excluding hydrogens is 360 g/mol. The average Bonchev–Trinajstić information content (AvgIpc) is 3.19. The molecule has 0 aliphatic heterocycles. The predicted molar refractivity (Wildman–Crippen MR) is 93.7 cm³/mol. The highest BCUT2D eigenvalue weighted by Gasteiger charge is 2.32. The third-order valence-corrected chi connectivity index (χ3v) is 4.91. The first kappa shape index (κ1) is 17.6. The van der Waals surface area contributed by atoms with Crippen molar-refractivity contribution in [2.45, 2.75) is 25.3 Å². The molecule has 0 fully saturated rings. The van der Waals surface area contributed by atoms with E-state index in [1.165, 1.54) is 9.36 Å². The monoisotopic (exact) mass is 376 g/mol. The Kier molecular flexibility index (Phi) is 4.47. The minimum absolute atomic E-state index is 0.173. The quantitative estimate of drug-likeness (QED) is 0.519. The molecule has 10 nitrogen and oxygen atoms in total. The van der Waals surface area contributed by atoms with Crippen molar-refractivity contribution in [1.82, 2.24) is 19.6 Å². The topological polar surface area (TPSA) is 125 Å². The Morgan fingerprint density at radius 3 is 2.54 bits per heavy atom. The second-order valence-electron chi connectivity index (χ2n) is 5.45. The van der Waals surface area contributed by atoms with Crippen LogP contribution >= 0.6 is 0 Å². The lowest BCUT2D eigenvalue weighted by atomic mass is 10.3. The molecule has 0 aliphatic rings. The van der Waals surface area contributed by atoms with Crippen LogP contribution in [0.2, 0.25) is 0 Å². The molecule has 3 aromatic rings. The van der Waals surface area contributed by atoms with Gasteiger partial charge >= 0.3 is 5.82 Å². The molecule has 0 unspecified atom stereocenters. The van der Waals surface area contributed by atoms with E-state index in [0.717, 1.165) is 6.20 Å². The lowest BCUT2D eigenvalue weighted by Gasteiger charge is -2.09. The number of nitrogens with zero attached hydrogens (tertiary/aromatic N) is 5. The first-order valence-electron chi connectivity index (χ1n) is 7.68. The summed E-state index contributed by atoms with van der Waals surface area (Å²) in [6.45, 7) is 3.72. The number of anilines is 1. The van der Waals surface area contributed by atoms with Crippen LogP contribution in [-0.2, 0) is 16.6 Å². The highest BCUT2D eigenvalue weighted by Crippen LogP contribution is 2.26. The second kappa shape index (κ2) is 6.59. The number of para-hydroxylation sites is 1. The Morgan fingerprint density at radius 1 is 1.23 bits per heavy atom. The normalized spacial score (nSPS) is 11.5. The summed E-state index contributed by atoms with van der Waals surface area (Å²) in [6.07, 6.45) is 1.14. The van der Waals surface area contributed by atoms with Crippen LogP contribution in [0.3, 0.4) is 0 Å². The van der Waals surface area contributed by atoms with Crippen LogP contribution in [0.1, 0.15) is 12.6 Å². The predicted octanol–water partition coefficient (Wildman–Crippen LogP) is 2.11. The fourth-order valence-corrected chi connectivity index (χ4v) is 3.55. The minimum atomic E-state index is -4.23. The smallest absolute Gasteiger partial charge is 0.358 e. The molecule has 136 valence electrons. The van der Waals surface area contributed by atoms with Crippen molar-refractivity contribution < 1.29 is 13.3 Å². The lowest BCUT2D eigenvalue weighted by Crippen LogP contribution is -2.16. The van der Waals surface area contributed by atoms with Crippen molar-refractivity contribution in [3.8, 4) is 5.69 Å². The van der Waals surface area contributed by atoms with Gasteiger partial charge in [0.2, 0.25) is 4.90 Å². The number of sulfonamides is 1. The zero-order valence-electron chi connectivity index (χ0n) is 14.0. The number of nitro groups is 1. The molecular formula is C15H16N6O4S. The molecule has 26 heavy (non-hydrogen) atoms.